The van der Waals surface area contributed by atoms with Gasteiger partial charge >= 0.3 is 0 Å². The van der Waals surface area contributed by atoms with Gasteiger partial charge in [0, 0.05) is 20.3 Å². The minimum atomic E-state index is 0.670. The molecule has 3 heteroatoms. The maximum Gasteiger partial charge on any atom is 0.0700 e. The molecule has 1 N–H and O–H groups in total. The summed E-state index contributed by atoms with van der Waals surface area (Å²) in [6.45, 7) is 4.00. The smallest absolute Gasteiger partial charge is 0.0700 e. The lowest BCUT2D eigenvalue weighted by atomic mass is 10.0. The molecule has 108 valence electrons. The van der Waals surface area contributed by atoms with E-state index < -0.39 is 0 Å². The Kier molecular flexibility index (Phi) is 6.51. The minimum absolute atomic E-state index is 0.670. The van der Waals surface area contributed by atoms with Crippen LogP contribution in [0, 0.1) is 0 Å². The third-order valence-electron chi connectivity index (χ3n) is 3.27. The molecular formula is C17H23NO2. The van der Waals surface area contributed by atoms with Crippen LogP contribution in [0.5, 0.6) is 0 Å². The van der Waals surface area contributed by atoms with Crippen LogP contribution >= 0.6 is 0 Å². The first kappa shape index (κ1) is 15.0. The van der Waals surface area contributed by atoms with Gasteiger partial charge in [-0.15, -0.1) is 0 Å². The zero-order chi connectivity index (χ0) is 14.0. The summed E-state index contributed by atoms with van der Waals surface area (Å²) in [7, 11) is 1.69. The number of ether oxygens (including phenoxy) is 2. The minimum Gasteiger partial charge on any atom is -0.382 e. The van der Waals surface area contributed by atoms with Crippen molar-refractivity contribution in [3.05, 3.63) is 48.0 Å². The van der Waals surface area contributed by atoms with Crippen molar-refractivity contribution < 1.29 is 9.47 Å². The van der Waals surface area contributed by atoms with Gasteiger partial charge in [0.25, 0.3) is 0 Å². The van der Waals surface area contributed by atoms with E-state index in [0.29, 0.717) is 13.2 Å². The average Bonchev–Trinajstić information content (AvgIpc) is 2.50. The maximum atomic E-state index is 5.43. The van der Waals surface area contributed by atoms with E-state index in [2.05, 4.69) is 47.8 Å². The molecule has 0 unspecified atom stereocenters. The Morgan fingerprint density at radius 1 is 0.950 bits per heavy atom. The largest absolute Gasteiger partial charge is 0.382 e. The normalized spacial score (nSPS) is 11.1. The van der Waals surface area contributed by atoms with Crippen molar-refractivity contribution >= 4 is 10.8 Å². The average molecular weight is 273 g/mol. The number of hydrogen-bond acceptors (Lipinski definition) is 3. The van der Waals surface area contributed by atoms with E-state index in [1.54, 1.807) is 7.11 Å². The number of hydrogen-bond donors (Lipinski definition) is 1. The van der Waals surface area contributed by atoms with E-state index in [4.69, 9.17) is 9.47 Å². The summed E-state index contributed by atoms with van der Waals surface area (Å²) >= 11 is 0. The van der Waals surface area contributed by atoms with Gasteiger partial charge in [-0.25, -0.2) is 0 Å². The fraction of sp³-hybridized carbons (Fsp3) is 0.412. The summed E-state index contributed by atoms with van der Waals surface area (Å²) in [5.74, 6) is 0. The van der Waals surface area contributed by atoms with Crippen LogP contribution in [-0.4, -0.2) is 33.5 Å². The summed E-state index contributed by atoms with van der Waals surface area (Å²) < 4.78 is 10.4. The number of methoxy groups -OCH3 is 1. The van der Waals surface area contributed by atoms with Gasteiger partial charge in [-0.2, -0.15) is 0 Å². The molecule has 2 aromatic carbocycles. The summed E-state index contributed by atoms with van der Waals surface area (Å²) in [5.41, 5.74) is 1.35. The van der Waals surface area contributed by atoms with Crippen LogP contribution in [0.2, 0.25) is 0 Å². The molecule has 0 fully saturated rings. The summed E-state index contributed by atoms with van der Waals surface area (Å²) in [6.07, 6.45) is 1.02. The Hall–Kier alpha value is -1.42. The molecule has 0 atom stereocenters. The molecule has 0 aliphatic carbocycles. The van der Waals surface area contributed by atoms with Gasteiger partial charge < -0.3 is 14.8 Å². The van der Waals surface area contributed by atoms with Crippen molar-refractivity contribution in [2.24, 2.45) is 0 Å². The number of benzene rings is 2. The lowest BCUT2D eigenvalue weighted by Crippen LogP contribution is -2.17. The molecule has 0 aliphatic rings. The molecule has 0 radical (unpaired) electrons. The quantitative estimate of drug-likeness (QED) is 0.712. The maximum absolute atomic E-state index is 5.43. The second-order valence-electron chi connectivity index (χ2n) is 4.77. The third-order valence-corrected chi connectivity index (χ3v) is 3.27. The standard InChI is InChI=1S/C17H23NO2/c1-19-12-13-20-11-5-10-18-14-16-8-4-7-15-6-2-3-9-17(15)16/h2-4,6-9,18H,5,10-14H2,1H3. The van der Waals surface area contributed by atoms with Crippen LogP contribution in [0.4, 0.5) is 0 Å². The molecule has 3 nitrogen and oxygen atoms in total. The van der Waals surface area contributed by atoms with E-state index in [1.165, 1.54) is 16.3 Å². The van der Waals surface area contributed by atoms with Crippen LogP contribution < -0.4 is 5.32 Å². The highest BCUT2D eigenvalue weighted by molar-refractivity contribution is 5.85. The molecule has 0 aromatic heterocycles. The van der Waals surface area contributed by atoms with Crippen molar-refractivity contribution in [1.29, 1.82) is 0 Å². The Morgan fingerprint density at radius 3 is 2.70 bits per heavy atom. The molecule has 0 saturated heterocycles. The highest BCUT2D eigenvalue weighted by Gasteiger charge is 1.99. The Labute approximate surface area is 120 Å². The Balaban J connectivity index is 1.71. The molecule has 0 saturated carbocycles. The van der Waals surface area contributed by atoms with Gasteiger partial charge in [0.1, 0.15) is 0 Å². The summed E-state index contributed by atoms with van der Waals surface area (Å²) in [5, 5.41) is 6.11. The van der Waals surface area contributed by atoms with E-state index in [9.17, 15) is 0 Å². The molecule has 20 heavy (non-hydrogen) atoms. The molecular weight excluding hydrogens is 250 g/mol. The molecule has 0 spiro atoms. The van der Waals surface area contributed by atoms with Crippen molar-refractivity contribution in [2.75, 3.05) is 33.5 Å². The molecule has 2 aromatic rings. The van der Waals surface area contributed by atoms with E-state index in [1.807, 2.05) is 0 Å². The van der Waals surface area contributed by atoms with Crippen LogP contribution in [0.25, 0.3) is 10.8 Å². The van der Waals surface area contributed by atoms with Gasteiger partial charge in [0.2, 0.25) is 0 Å². The molecule has 0 bridgehead atoms. The predicted octanol–water partition coefficient (Wildman–Crippen LogP) is 2.98. The lowest BCUT2D eigenvalue weighted by Gasteiger charge is -2.08. The van der Waals surface area contributed by atoms with Gasteiger partial charge in [0.15, 0.2) is 0 Å². The van der Waals surface area contributed by atoms with Crippen molar-refractivity contribution in [3.8, 4) is 0 Å². The van der Waals surface area contributed by atoms with E-state index >= 15 is 0 Å². The second kappa shape index (κ2) is 8.69. The van der Waals surface area contributed by atoms with Crippen LogP contribution in [0.1, 0.15) is 12.0 Å². The van der Waals surface area contributed by atoms with Crippen molar-refractivity contribution in [2.45, 2.75) is 13.0 Å². The SMILES string of the molecule is COCCOCCCNCc1cccc2ccccc12. The van der Waals surface area contributed by atoms with Crippen molar-refractivity contribution in [3.63, 3.8) is 0 Å². The third kappa shape index (κ3) is 4.60. The van der Waals surface area contributed by atoms with Gasteiger partial charge in [-0.1, -0.05) is 42.5 Å². The van der Waals surface area contributed by atoms with Crippen LogP contribution in [0.3, 0.4) is 0 Å². The Bertz CT molecular complexity index is 508. The Morgan fingerprint density at radius 2 is 1.80 bits per heavy atom. The molecule has 2 rings (SSSR count). The highest BCUT2D eigenvalue weighted by atomic mass is 16.5. The highest BCUT2D eigenvalue weighted by Crippen LogP contribution is 2.18. The molecule has 0 aliphatic heterocycles. The first-order chi connectivity index (χ1) is 9.92. The first-order valence-corrected chi connectivity index (χ1v) is 7.16. The van der Waals surface area contributed by atoms with Gasteiger partial charge in [0.05, 0.1) is 13.2 Å². The number of rotatable bonds is 9. The number of fused-ring (bicyclic) bond motifs is 1. The van der Waals surface area contributed by atoms with E-state index in [-0.39, 0.29) is 0 Å². The van der Waals surface area contributed by atoms with Gasteiger partial charge in [-0.3, -0.25) is 0 Å². The summed E-state index contributed by atoms with van der Waals surface area (Å²) in [6, 6.07) is 15.0. The topological polar surface area (TPSA) is 30.5 Å². The molecule has 0 amide bonds. The summed E-state index contributed by atoms with van der Waals surface area (Å²) in [4.78, 5) is 0. The zero-order valence-electron chi connectivity index (χ0n) is 12.1. The van der Waals surface area contributed by atoms with Crippen LogP contribution in [-0.2, 0) is 16.0 Å². The zero-order valence-corrected chi connectivity index (χ0v) is 12.1. The molecule has 0 heterocycles. The number of nitrogens with one attached hydrogen (secondary N) is 1. The van der Waals surface area contributed by atoms with Crippen LogP contribution in [0.15, 0.2) is 42.5 Å². The van der Waals surface area contributed by atoms with E-state index in [0.717, 1.165) is 26.1 Å². The first-order valence-electron chi connectivity index (χ1n) is 7.16. The monoisotopic (exact) mass is 273 g/mol. The second-order valence-corrected chi connectivity index (χ2v) is 4.77. The van der Waals surface area contributed by atoms with Crippen molar-refractivity contribution in [1.82, 2.24) is 5.32 Å². The fourth-order valence-electron chi connectivity index (χ4n) is 2.21. The van der Waals surface area contributed by atoms with Gasteiger partial charge in [-0.05, 0) is 29.3 Å². The lowest BCUT2D eigenvalue weighted by molar-refractivity contribution is 0.0695. The predicted molar refractivity (Wildman–Crippen MR) is 83.0 cm³/mol. The fourth-order valence-corrected chi connectivity index (χ4v) is 2.21.